The van der Waals surface area contributed by atoms with Crippen LogP contribution in [0.2, 0.25) is 5.02 Å². The van der Waals surface area contributed by atoms with Gasteiger partial charge in [-0.3, -0.25) is 16.1 Å². The summed E-state index contributed by atoms with van der Waals surface area (Å²) >= 11 is 5.75. The molecular weight excluding hydrogens is 301 g/mol. The third-order valence-electron chi connectivity index (χ3n) is 1.80. The first kappa shape index (κ1) is 16.8. The number of halogens is 1. The zero-order chi connectivity index (χ0) is 12.8. The topological polar surface area (TPSA) is 83.8 Å². The molecule has 7 heteroatoms. The number of hydrogen-bond acceptors (Lipinski definition) is 2. The Labute approximate surface area is 122 Å². The molecule has 1 rings (SSSR count). The van der Waals surface area contributed by atoms with Crippen molar-refractivity contribution >= 4 is 29.2 Å². The van der Waals surface area contributed by atoms with Crippen molar-refractivity contribution in [1.29, 1.82) is 10.8 Å². The van der Waals surface area contributed by atoms with E-state index in [1.165, 1.54) is 0 Å². The van der Waals surface area contributed by atoms with Gasteiger partial charge in [-0.2, -0.15) is 0 Å². The largest absolute Gasteiger partial charge is 0.354 e. The zero-order valence-corrected chi connectivity index (χ0v) is 11.8. The summed E-state index contributed by atoms with van der Waals surface area (Å²) in [4.78, 5) is 0. The monoisotopic (exact) mass is 316 g/mol. The Balaban J connectivity index is 0.00000289. The molecule has 0 atom stereocenters. The average Bonchev–Trinajstić information content (AvgIpc) is 2.19. The number of guanidine groups is 2. The van der Waals surface area contributed by atoms with Crippen molar-refractivity contribution in [2.45, 2.75) is 19.9 Å². The maximum atomic E-state index is 7.62. The fourth-order valence-electron chi connectivity index (χ4n) is 1.16. The van der Waals surface area contributed by atoms with Crippen molar-refractivity contribution in [3.8, 4) is 0 Å². The molecule has 0 aliphatic rings. The second-order valence-corrected chi connectivity index (χ2v) is 4.24. The van der Waals surface area contributed by atoms with E-state index in [9.17, 15) is 0 Å². The van der Waals surface area contributed by atoms with Gasteiger partial charge in [-0.1, -0.05) is 11.6 Å². The quantitative estimate of drug-likeness (QED) is 0.329. The molecule has 0 fully saturated rings. The molecule has 0 aromatic heterocycles. The summed E-state index contributed by atoms with van der Waals surface area (Å²) in [6.07, 6.45) is 0. The van der Waals surface area contributed by atoms with Gasteiger partial charge in [-0.15, -0.1) is 0 Å². The van der Waals surface area contributed by atoms with Gasteiger partial charge in [0.25, 0.3) is 0 Å². The molecule has 18 heavy (non-hydrogen) atoms. The minimum atomic E-state index is 0. The Hall–Kier alpha value is -1.23. The van der Waals surface area contributed by atoms with E-state index in [0.29, 0.717) is 5.02 Å². The number of hydrogen-bond donors (Lipinski definition) is 5. The molecule has 0 heterocycles. The summed E-state index contributed by atoms with van der Waals surface area (Å²) in [5.74, 6) is 0.122. The third-order valence-corrected chi connectivity index (χ3v) is 2.05. The van der Waals surface area contributed by atoms with Gasteiger partial charge in [-0.05, 0) is 38.1 Å². The smallest absolute Gasteiger partial charge is 0.199 e. The fourth-order valence-corrected chi connectivity index (χ4v) is 1.28. The molecule has 1 radical (unpaired) electrons. The predicted molar refractivity (Wildman–Crippen MR) is 71.9 cm³/mol. The van der Waals surface area contributed by atoms with Crippen molar-refractivity contribution in [3.05, 3.63) is 29.3 Å². The van der Waals surface area contributed by atoms with Crippen LogP contribution in [0, 0.1) is 10.8 Å². The predicted octanol–water partition coefficient (Wildman–Crippen LogP) is 2.21. The summed E-state index contributed by atoms with van der Waals surface area (Å²) in [6.45, 7) is 3.85. The second-order valence-electron chi connectivity index (χ2n) is 3.81. The van der Waals surface area contributed by atoms with Crippen LogP contribution in [0.4, 0.5) is 5.69 Å². The third kappa shape index (κ3) is 6.49. The van der Waals surface area contributed by atoms with Gasteiger partial charge in [-0.25, -0.2) is 0 Å². The molecule has 0 amide bonds. The summed E-state index contributed by atoms with van der Waals surface area (Å²) in [7, 11) is 0. The molecule has 0 aliphatic heterocycles. The summed E-state index contributed by atoms with van der Waals surface area (Å²) in [5, 5.41) is 24.0. The van der Waals surface area contributed by atoms with Crippen LogP contribution >= 0.6 is 11.6 Å². The van der Waals surface area contributed by atoms with Gasteiger partial charge in [0.1, 0.15) is 0 Å². The van der Waals surface area contributed by atoms with Crippen LogP contribution in [-0.4, -0.2) is 18.0 Å². The van der Waals surface area contributed by atoms with E-state index in [2.05, 4.69) is 16.0 Å². The van der Waals surface area contributed by atoms with Crippen LogP contribution < -0.4 is 16.0 Å². The van der Waals surface area contributed by atoms with E-state index in [1.807, 2.05) is 13.8 Å². The summed E-state index contributed by atoms with van der Waals surface area (Å²) in [5.41, 5.74) is 0.740. The molecule has 5 nitrogen and oxygen atoms in total. The van der Waals surface area contributed by atoms with E-state index in [0.717, 1.165) is 5.69 Å². The first-order valence-corrected chi connectivity index (χ1v) is 5.58. The van der Waals surface area contributed by atoms with E-state index in [4.69, 9.17) is 22.4 Å². The Morgan fingerprint density at radius 1 is 1.11 bits per heavy atom. The van der Waals surface area contributed by atoms with E-state index < -0.39 is 0 Å². The molecule has 0 unspecified atom stereocenters. The van der Waals surface area contributed by atoms with E-state index in [-0.39, 0.29) is 35.0 Å². The van der Waals surface area contributed by atoms with Crippen LogP contribution in [0.5, 0.6) is 0 Å². The van der Waals surface area contributed by atoms with Gasteiger partial charge in [0.15, 0.2) is 11.9 Å². The van der Waals surface area contributed by atoms with Crippen molar-refractivity contribution in [1.82, 2.24) is 10.6 Å². The Morgan fingerprint density at radius 2 is 1.67 bits per heavy atom. The molecule has 5 N–H and O–H groups in total. The Kier molecular flexibility index (Phi) is 7.43. The van der Waals surface area contributed by atoms with Gasteiger partial charge in [0.2, 0.25) is 0 Å². The average molecular weight is 317 g/mol. The number of rotatable bonds is 2. The first-order chi connectivity index (χ1) is 7.97. The van der Waals surface area contributed by atoms with Crippen molar-refractivity contribution in [2.75, 3.05) is 5.32 Å². The number of anilines is 1. The van der Waals surface area contributed by atoms with Crippen molar-refractivity contribution in [3.63, 3.8) is 0 Å². The van der Waals surface area contributed by atoms with Crippen molar-refractivity contribution < 1.29 is 17.1 Å². The summed E-state index contributed by atoms with van der Waals surface area (Å²) in [6, 6.07) is 7.14. The number of nitrogens with one attached hydrogen (secondary N) is 5. The molecule has 0 bridgehead atoms. The molecule has 103 valence electrons. The van der Waals surface area contributed by atoms with Crippen LogP contribution in [0.1, 0.15) is 13.8 Å². The maximum Gasteiger partial charge on any atom is 0.199 e. The van der Waals surface area contributed by atoms with E-state index >= 15 is 0 Å². The molecule has 0 aliphatic carbocycles. The Bertz CT molecular complexity index is 404. The second kappa shape index (κ2) is 7.97. The SMILES string of the molecule is CC(C)NC(=N)NC(=N)Nc1ccc(Cl)cc1.[Cu]. The molecular formula is C11H16ClCuN5. The summed E-state index contributed by atoms with van der Waals surface area (Å²) < 4.78 is 0. The minimum Gasteiger partial charge on any atom is -0.354 e. The molecule has 0 spiro atoms. The number of benzene rings is 1. The molecule has 0 saturated carbocycles. The standard InChI is InChI=1S/C11H16ClN5.Cu/c1-7(2)15-10(13)17-11(14)16-9-5-3-8(12)4-6-9;/h3-7H,1-2H3,(H5,13,14,15,16,17);. The maximum absolute atomic E-state index is 7.62. The van der Waals surface area contributed by atoms with Gasteiger partial charge >= 0.3 is 0 Å². The molecule has 0 saturated heterocycles. The fraction of sp³-hybridized carbons (Fsp3) is 0.273. The molecule has 1 aromatic carbocycles. The first-order valence-electron chi connectivity index (χ1n) is 5.20. The normalized spacial score (nSPS) is 9.33. The van der Waals surface area contributed by atoms with E-state index in [1.54, 1.807) is 24.3 Å². The minimum absolute atomic E-state index is 0. The van der Waals surface area contributed by atoms with Gasteiger partial charge in [0, 0.05) is 33.8 Å². The van der Waals surface area contributed by atoms with Gasteiger partial charge in [0.05, 0.1) is 0 Å². The van der Waals surface area contributed by atoms with Crippen LogP contribution in [-0.2, 0) is 17.1 Å². The van der Waals surface area contributed by atoms with Crippen LogP contribution in [0.15, 0.2) is 24.3 Å². The van der Waals surface area contributed by atoms with Gasteiger partial charge < -0.3 is 10.6 Å². The van der Waals surface area contributed by atoms with Crippen molar-refractivity contribution in [2.24, 2.45) is 0 Å². The zero-order valence-electron chi connectivity index (χ0n) is 10.1. The molecule has 1 aromatic rings. The van der Waals surface area contributed by atoms with Crippen LogP contribution in [0.25, 0.3) is 0 Å². The Morgan fingerprint density at radius 3 is 2.17 bits per heavy atom. The van der Waals surface area contributed by atoms with Crippen LogP contribution in [0.3, 0.4) is 0 Å².